The van der Waals surface area contributed by atoms with Crippen molar-refractivity contribution in [2.45, 2.75) is 32.6 Å². The van der Waals surface area contributed by atoms with Crippen LogP contribution in [0.15, 0.2) is 43.2 Å². The Morgan fingerprint density at radius 1 is 1.32 bits per heavy atom. The van der Waals surface area contributed by atoms with E-state index in [-0.39, 0.29) is 0 Å². The summed E-state index contributed by atoms with van der Waals surface area (Å²) in [6.45, 7) is 16.8. The van der Waals surface area contributed by atoms with E-state index in [0.717, 1.165) is 44.5 Å². The maximum absolute atomic E-state index is 8.75. The van der Waals surface area contributed by atoms with E-state index in [1.165, 1.54) is 6.42 Å². The van der Waals surface area contributed by atoms with Crippen LogP contribution in [0.2, 0.25) is 0 Å². The van der Waals surface area contributed by atoms with Crippen molar-refractivity contribution in [2.75, 3.05) is 26.2 Å². The normalized spacial score (nSPS) is 11.9. The molecule has 0 aromatic heterocycles. The average Bonchev–Trinajstić information content (AvgIpc) is 2.40. The Hall–Kier alpha value is -1.08. The number of unbranched alkanes of at least 4 members (excludes halogenated alkanes) is 3. The molecule has 0 spiro atoms. The third-order valence-electron chi connectivity index (χ3n) is 3.25. The lowest BCUT2D eigenvalue weighted by molar-refractivity contribution is 0.266. The first-order chi connectivity index (χ1) is 9.15. The van der Waals surface area contributed by atoms with Crippen LogP contribution < -0.4 is 0 Å². The minimum absolute atomic E-state index is 0.303. The highest BCUT2D eigenvalue weighted by atomic mass is 16.2. The van der Waals surface area contributed by atoms with Gasteiger partial charge in [0.2, 0.25) is 0 Å². The Labute approximate surface area is 118 Å². The van der Waals surface area contributed by atoms with Crippen LogP contribution in [0.1, 0.15) is 32.6 Å². The number of aliphatic hydroxyl groups excluding tert-OH is 1. The molecule has 0 saturated heterocycles. The number of nitrogens with zero attached hydrogens (tertiary/aromatic N) is 1. The van der Waals surface area contributed by atoms with Crippen LogP contribution in [0.4, 0.5) is 0 Å². The summed E-state index contributed by atoms with van der Waals surface area (Å²) in [6, 6.07) is 0. The third-order valence-corrected chi connectivity index (χ3v) is 3.25. The molecule has 0 amide bonds. The van der Waals surface area contributed by atoms with Gasteiger partial charge in [0.05, 0.1) is 0 Å². The molecule has 1 atom stereocenters. The van der Waals surface area contributed by atoms with E-state index in [2.05, 4.69) is 37.3 Å². The van der Waals surface area contributed by atoms with Crippen LogP contribution in [0.25, 0.3) is 0 Å². The highest BCUT2D eigenvalue weighted by Crippen LogP contribution is 2.12. The molecule has 1 N–H and O–H groups in total. The van der Waals surface area contributed by atoms with Gasteiger partial charge in [-0.2, -0.15) is 0 Å². The molecule has 0 aromatic carbocycles. The van der Waals surface area contributed by atoms with E-state index < -0.39 is 0 Å². The predicted molar refractivity (Wildman–Crippen MR) is 84.2 cm³/mol. The first-order valence-corrected chi connectivity index (χ1v) is 7.11. The quantitative estimate of drug-likeness (QED) is 0.330. The van der Waals surface area contributed by atoms with Crippen LogP contribution in [-0.2, 0) is 0 Å². The highest BCUT2D eigenvalue weighted by Gasteiger charge is 2.10. The summed E-state index contributed by atoms with van der Waals surface area (Å²) in [5.74, 6) is 0.343. The van der Waals surface area contributed by atoms with Crippen molar-refractivity contribution in [1.82, 2.24) is 4.90 Å². The van der Waals surface area contributed by atoms with Gasteiger partial charge in [0.15, 0.2) is 0 Å². The summed E-state index contributed by atoms with van der Waals surface area (Å²) in [5.41, 5.74) is 3.99. The first kappa shape index (κ1) is 17.9. The van der Waals surface area contributed by atoms with Gasteiger partial charge in [0.1, 0.15) is 0 Å². The molecule has 0 bridgehead atoms. The fourth-order valence-electron chi connectivity index (χ4n) is 1.96. The lowest BCUT2D eigenvalue weighted by atomic mass is 10.0. The maximum Gasteiger partial charge on any atom is 0.0431 e. The molecule has 0 aliphatic heterocycles. The van der Waals surface area contributed by atoms with E-state index in [9.17, 15) is 0 Å². The van der Waals surface area contributed by atoms with Crippen molar-refractivity contribution in [2.24, 2.45) is 5.92 Å². The Kier molecular flexibility index (Phi) is 11.3. The second kappa shape index (κ2) is 12.0. The van der Waals surface area contributed by atoms with Crippen LogP contribution in [0, 0.1) is 5.92 Å². The topological polar surface area (TPSA) is 23.5 Å². The van der Waals surface area contributed by atoms with Gasteiger partial charge in [-0.05, 0) is 32.4 Å². The van der Waals surface area contributed by atoms with Gasteiger partial charge in [-0.25, -0.2) is 0 Å². The van der Waals surface area contributed by atoms with Crippen molar-refractivity contribution in [3.63, 3.8) is 0 Å². The van der Waals surface area contributed by atoms with Gasteiger partial charge in [-0.15, -0.1) is 12.3 Å². The van der Waals surface area contributed by atoms with Gasteiger partial charge < -0.3 is 5.11 Å². The van der Waals surface area contributed by atoms with E-state index in [4.69, 9.17) is 5.11 Å². The second-order valence-electron chi connectivity index (χ2n) is 4.99. The average molecular weight is 263 g/mol. The molecule has 0 radical (unpaired) electrons. The smallest absolute Gasteiger partial charge is 0.0431 e. The molecule has 0 fully saturated rings. The highest BCUT2D eigenvalue weighted by molar-refractivity contribution is 5.05. The van der Waals surface area contributed by atoms with Gasteiger partial charge in [0, 0.05) is 25.6 Å². The summed E-state index contributed by atoms with van der Waals surface area (Å²) >= 11 is 0. The van der Waals surface area contributed by atoms with Crippen molar-refractivity contribution < 1.29 is 5.11 Å². The van der Waals surface area contributed by atoms with Crippen LogP contribution in [0.3, 0.4) is 0 Å². The SMILES string of the molecule is C=C=CCN(CCCCCCO)CC(C=C)C(=C)C. The van der Waals surface area contributed by atoms with Gasteiger partial charge >= 0.3 is 0 Å². The first-order valence-electron chi connectivity index (χ1n) is 7.11. The summed E-state index contributed by atoms with van der Waals surface area (Å²) in [5, 5.41) is 8.75. The summed E-state index contributed by atoms with van der Waals surface area (Å²) in [7, 11) is 0. The Morgan fingerprint density at radius 3 is 2.53 bits per heavy atom. The zero-order valence-corrected chi connectivity index (χ0v) is 12.4. The largest absolute Gasteiger partial charge is 0.396 e. The maximum atomic E-state index is 8.75. The zero-order chi connectivity index (χ0) is 14.5. The van der Waals surface area contributed by atoms with Gasteiger partial charge in [-0.1, -0.05) is 37.6 Å². The minimum atomic E-state index is 0.303. The van der Waals surface area contributed by atoms with Crippen LogP contribution in [0.5, 0.6) is 0 Å². The monoisotopic (exact) mass is 263 g/mol. The number of aliphatic hydroxyl groups is 1. The van der Waals surface area contributed by atoms with Crippen LogP contribution in [-0.4, -0.2) is 36.2 Å². The lowest BCUT2D eigenvalue weighted by Gasteiger charge is -2.25. The molecule has 19 heavy (non-hydrogen) atoms. The number of hydrogen-bond acceptors (Lipinski definition) is 2. The molecule has 108 valence electrons. The van der Waals surface area contributed by atoms with Crippen LogP contribution >= 0.6 is 0 Å². The molecule has 0 aliphatic rings. The zero-order valence-electron chi connectivity index (χ0n) is 12.4. The Balaban J connectivity index is 4.17. The molecule has 0 saturated carbocycles. The fourth-order valence-corrected chi connectivity index (χ4v) is 1.96. The Morgan fingerprint density at radius 2 is 2.00 bits per heavy atom. The Bertz CT molecular complexity index is 302. The van der Waals surface area contributed by atoms with E-state index in [0.29, 0.717) is 12.5 Å². The summed E-state index contributed by atoms with van der Waals surface area (Å²) in [6.07, 6.45) is 8.28. The second-order valence-corrected chi connectivity index (χ2v) is 4.99. The van der Waals surface area contributed by atoms with Crippen molar-refractivity contribution in [3.05, 3.63) is 43.2 Å². The molecule has 0 rings (SSSR count). The van der Waals surface area contributed by atoms with Gasteiger partial charge in [0.25, 0.3) is 0 Å². The van der Waals surface area contributed by atoms with E-state index in [1.807, 2.05) is 12.2 Å². The fraction of sp³-hybridized carbons (Fsp3) is 0.588. The van der Waals surface area contributed by atoms with Crippen molar-refractivity contribution in [1.29, 1.82) is 0 Å². The van der Waals surface area contributed by atoms with E-state index >= 15 is 0 Å². The molecule has 2 nitrogen and oxygen atoms in total. The lowest BCUT2D eigenvalue weighted by Crippen LogP contribution is -2.30. The molecule has 0 aromatic rings. The molecule has 1 unspecified atom stereocenters. The predicted octanol–water partition coefficient (Wildman–Crippen LogP) is 3.56. The molecule has 0 heterocycles. The number of rotatable bonds is 12. The van der Waals surface area contributed by atoms with Crippen molar-refractivity contribution >= 4 is 0 Å². The third kappa shape index (κ3) is 9.49. The molecular weight excluding hydrogens is 234 g/mol. The molecular formula is C17H29NO. The van der Waals surface area contributed by atoms with E-state index in [1.54, 1.807) is 0 Å². The number of hydrogen-bond donors (Lipinski definition) is 1. The van der Waals surface area contributed by atoms with Gasteiger partial charge in [-0.3, -0.25) is 4.90 Å². The molecule has 2 heteroatoms. The summed E-state index contributed by atoms with van der Waals surface area (Å²) < 4.78 is 0. The standard InChI is InChI=1S/C17H29NO/c1-5-7-12-18(13-10-8-9-11-14-19)15-17(6-2)16(3)4/h6-7,17,19H,1-3,8-15H2,4H3. The minimum Gasteiger partial charge on any atom is -0.396 e. The molecule has 0 aliphatic carbocycles. The summed E-state index contributed by atoms with van der Waals surface area (Å²) in [4.78, 5) is 2.39. The van der Waals surface area contributed by atoms with Crippen molar-refractivity contribution in [3.8, 4) is 0 Å².